The minimum atomic E-state index is -0.225. The molecule has 0 unspecified atom stereocenters. The Morgan fingerprint density at radius 3 is 2.53 bits per heavy atom. The summed E-state index contributed by atoms with van der Waals surface area (Å²) in [5.41, 5.74) is 1.77. The molecule has 0 N–H and O–H groups in total. The molecule has 4 aromatic rings. The lowest BCUT2D eigenvalue weighted by molar-refractivity contribution is 0.315. The molecule has 8 nitrogen and oxygen atoms in total. The number of nitrogens with zero attached hydrogens (tertiary/aromatic N) is 6. The fourth-order valence-corrected chi connectivity index (χ4v) is 3.66. The van der Waals surface area contributed by atoms with Crippen LogP contribution in [0.2, 0.25) is 0 Å². The zero-order valence-corrected chi connectivity index (χ0v) is 17.1. The van der Waals surface area contributed by atoms with Gasteiger partial charge in [0.25, 0.3) is 5.56 Å². The van der Waals surface area contributed by atoms with Gasteiger partial charge >= 0.3 is 0 Å². The van der Waals surface area contributed by atoms with E-state index >= 15 is 0 Å². The Morgan fingerprint density at radius 1 is 1.10 bits per heavy atom. The second kappa shape index (κ2) is 8.17. The SMILES string of the molecule is CC.Cn1cnc2ncn(Cc3nc(C4CC(c5ccc(F)cc5)C4)no3)c(=O)c21. The Labute approximate surface area is 172 Å². The summed E-state index contributed by atoms with van der Waals surface area (Å²) in [5, 5.41) is 4.08. The molecule has 5 rings (SSSR count). The molecule has 30 heavy (non-hydrogen) atoms. The topological polar surface area (TPSA) is 91.6 Å². The number of halogens is 1. The van der Waals surface area contributed by atoms with Gasteiger partial charge in [0.1, 0.15) is 18.7 Å². The van der Waals surface area contributed by atoms with Gasteiger partial charge in [-0.2, -0.15) is 4.98 Å². The maximum Gasteiger partial charge on any atom is 0.280 e. The molecule has 1 saturated carbocycles. The van der Waals surface area contributed by atoms with Gasteiger partial charge in [0, 0.05) is 13.0 Å². The molecule has 1 aliphatic rings. The molecule has 1 fully saturated rings. The summed E-state index contributed by atoms with van der Waals surface area (Å²) in [4.78, 5) is 25.3. The Morgan fingerprint density at radius 2 is 1.80 bits per heavy atom. The van der Waals surface area contributed by atoms with Crippen LogP contribution < -0.4 is 5.56 Å². The molecule has 0 spiro atoms. The molecule has 0 bridgehead atoms. The Kier molecular flexibility index (Phi) is 5.43. The lowest BCUT2D eigenvalue weighted by Crippen LogP contribution is -2.23. The van der Waals surface area contributed by atoms with Crippen LogP contribution in [0.15, 0.2) is 46.2 Å². The van der Waals surface area contributed by atoms with Crippen molar-refractivity contribution >= 4 is 11.2 Å². The van der Waals surface area contributed by atoms with Gasteiger partial charge in [-0.25, -0.2) is 14.4 Å². The molecule has 156 valence electrons. The number of hydrogen-bond acceptors (Lipinski definition) is 6. The van der Waals surface area contributed by atoms with Crippen molar-refractivity contribution in [2.24, 2.45) is 7.05 Å². The first-order valence-electron chi connectivity index (χ1n) is 10.0. The normalized spacial score (nSPS) is 18.0. The van der Waals surface area contributed by atoms with E-state index in [1.54, 1.807) is 17.9 Å². The van der Waals surface area contributed by atoms with Crippen LogP contribution in [0.4, 0.5) is 4.39 Å². The average molecular weight is 410 g/mol. The summed E-state index contributed by atoms with van der Waals surface area (Å²) in [6.45, 7) is 4.16. The molecule has 0 amide bonds. The molecular formula is C21H23FN6O2. The molecule has 1 aromatic carbocycles. The van der Waals surface area contributed by atoms with E-state index in [4.69, 9.17) is 4.52 Å². The largest absolute Gasteiger partial charge is 0.337 e. The minimum Gasteiger partial charge on any atom is -0.337 e. The molecular weight excluding hydrogens is 387 g/mol. The van der Waals surface area contributed by atoms with E-state index in [-0.39, 0.29) is 23.8 Å². The van der Waals surface area contributed by atoms with Crippen molar-refractivity contribution in [3.63, 3.8) is 0 Å². The average Bonchev–Trinajstić information content (AvgIpc) is 3.33. The van der Waals surface area contributed by atoms with Crippen molar-refractivity contribution in [2.45, 2.75) is 45.1 Å². The smallest absolute Gasteiger partial charge is 0.280 e. The summed E-state index contributed by atoms with van der Waals surface area (Å²) in [7, 11) is 1.75. The number of imidazole rings is 1. The summed E-state index contributed by atoms with van der Waals surface area (Å²) >= 11 is 0. The van der Waals surface area contributed by atoms with E-state index in [2.05, 4.69) is 20.1 Å². The standard InChI is InChI=1S/C19H17FN6O2.C2H6/c1-25-9-21-18-16(25)19(27)26(10-22-18)8-15-23-17(24-28-15)13-6-12(7-13)11-2-4-14(20)5-3-11;1-2/h2-5,9-10,12-13H,6-8H2,1H3;1-2H3. The van der Waals surface area contributed by atoms with Crippen molar-refractivity contribution in [2.75, 3.05) is 0 Å². The first-order valence-corrected chi connectivity index (χ1v) is 10.0. The van der Waals surface area contributed by atoms with Gasteiger partial charge in [0.05, 0.1) is 6.33 Å². The highest BCUT2D eigenvalue weighted by atomic mass is 19.1. The third-order valence-electron chi connectivity index (χ3n) is 5.33. The summed E-state index contributed by atoms with van der Waals surface area (Å²) in [5.74, 6) is 1.38. The number of aromatic nitrogens is 6. The van der Waals surface area contributed by atoms with Crippen LogP contribution in [-0.2, 0) is 13.6 Å². The van der Waals surface area contributed by atoms with Gasteiger partial charge < -0.3 is 9.09 Å². The van der Waals surface area contributed by atoms with Gasteiger partial charge in [-0.05, 0) is 36.5 Å². The van der Waals surface area contributed by atoms with E-state index in [0.29, 0.717) is 28.8 Å². The lowest BCUT2D eigenvalue weighted by Gasteiger charge is -2.33. The predicted molar refractivity (Wildman–Crippen MR) is 109 cm³/mol. The fourth-order valence-electron chi connectivity index (χ4n) is 3.66. The molecule has 0 radical (unpaired) electrons. The van der Waals surface area contributed by atoms with Crippen LogP contribution in [0.5, 0.6) is 0 Å². The summed E-state index contributed by atoms with van der Waals surface area (Å²) in [6.07, 6.45) is 4.79. The monoisotopic (exact) mass is 410 g/mol. The van der Waals surface area contributed by atoms with Crippen molar-refractivity contribution in [1.29, 1.82) is 0 Å². The number of fused-ring (bicyclic) bond motifs is 1. The molecule has 0 atom stereocenters. The molecule has 3 heterocycles. The van der Waals surface area contributed by atoms with Crippen LogP contribution in [0.3, 0.4) is 0 Å². The number of benzene rings is 1. The van der Waals surface area contributed by atoms with Crippen molar-refractivity contribution < 1.29 is 8.91 Å². The molecule has 3 aromatic heterocycles. The van der Waals surface area contributed by atoms with Crippen molar-refractivity contribution in [3.05, 3.63) is 70.4 Å². The van der Waals surface area contributed by atoms with E-state index in [9.17, 15) is 9.18 Å². The van der Waals surface area contributed by atoms with Gasteiger partial charge in [0.15, 0.2) is 17.0 Å². The quantitative estimate of drug-likeness (QED) is 0.512. The summed E-state index contributed by atoms with van der Waals surface area (Å²) < 4.78 is 21.5. The highest BCUT2D eigenvalue weighted by Crippen LogP contribution is 2.46. The van der Waals surface area contributed by atoms with Crippen LogP contribution >= 0.6 is 0 Å². The van der Waals surface area contributed by atoms with Gasteiger partial charge in [-0.3, -0.25) is 9.36 Å². The van der Waals surface area contributed by atoms with Gasteiger partial charge in [-0.15, -0.1) is 0 Å². The number of hydrogen-bond donors (Lipinski definition) is 0. The van der Waals surface area contributed by atoms with E-state index in [0.717, 1.165) is 18.4 Å². The van der Waals surface area contributed by atoms with E-state index in [1.165, 1.54) is 23.0 Å². The maximum absolute atomic E-state index is 13.0. The van der Waals surface area contributed by atoms with Crippen molar-refractivity contribution in [1.82, 2.24) is 29.2 Å². The second-order valence-corrected chi connectivity index (χ2v) is 7.17. The predicted octanol–water partition coefficient (Wildman–Crippen LogP) is 3.39. The van der Waals surface area contributed by atoms with Gasteiger partial charge in [-0.1, -0.05) is 31.1 Å². The third-order valence-corrected chi connectivity index (χ3v) is 5.33. The first-order chi connectivity index (χ1) is 14.6. The third kappa shape index (κ3) is 3.62. The highest BCUT2D eigenvalue weighted by molar-refractivity contribution is 5.68. The van der Waals surface area contributed by atoms with Crippen LogP contribution in [0.1, 0.15) is 55.8 Å². The number of rotatable bonds is 4. The maximum atomic E-state index is 13.0. The second-order valence-electron chi connectivity index (χ2n) is 7.17. The zero-order chi connectivity index (χ0) is 21.3. The zero-order valence-electron chi connectivity index (χ0n) is 17.1. The van der Waals surface area contributed by atoms with Crippen LogP contribution in [0.25, 0.3) is 11.2 Å². The van der Waals surface area contributed by atoms with Crippen molar-refractivity contribution in [3.8, 4) is 0 Å². The summed E-state index contributed by atoms with van der Waals surface area (Å²) in [6, 6.07) is 6.62. The highest BCUT2D eigenvalue weighted by Gasteiger charge is 2.34. The van der Waals surface area contributed by atoms with E-state index in [1.807, 2.05) is 26.0 Å². The molecule has 0 aliphatic heterocycles. The number of aryl methyl sites for hydroxylation is 1. The Hall–Kier alpha value is -3.36. The Balaban J connectivity index is 0.00000106. The molecule has 9 heteroatoms. The molecule has 1 aliphatic carbocycles. The van der Waals surface area contributed by atoms with Gasteiger partial charge in [0.2, 0.25) is 5.89 Å². The minimum absolute atomic E-state index is 0.161. The fraction of sp³-hybridized carbons (Fsp3) is 0.381. The van der Waals surface area contributed by atoms with Crippen LogP contribution in [-0.4, -0.2) is 29.2 Å². The molecule has 0 saturated heterocycles. The Bertz CT molecular complexity index is 1200. The van der Waals surface area contributed by atoms with E-state index < -0.39 is 0 Å². The van der Waals surface area contributed by atoms with Crippen LogP contribution in [0, 0.1) is 5.82 Å². The lowest BCUT2D eigenvalue weighted by atomic mass is 9.71. The first kappa shape index (κ1) is 19.9.